The normalized spacial score (nSPS) is 10.5. The van der Waals surface area contributed by atoms with Gasteiger partial charge in [0.25, 0.3) is 0 Å². The number of H-pyrrole nitrogens is 1. The highest BCUT2D eigenvalue weighted by atomic mass is 35.5. The lowest BCUT2D eigenvalue weighted by Crippen LogP contribution is -1.82. The van der Waals surface area contributed by atoms with E-state index in [1.807, 2.05) is 0 Å². The van der Waals surface area contributed by atoms with E-state index >= 15 is 0 Å². The number of halogens is 1. The van der Waals surface area contributed by atoms with Crippen molar-refractivity contribution in [3.63, 3.8) is 0 Å². The molecule has 12 heavy (non-hydrogen) atoms. The number of hydrogen-bond donors (Lipinski definition) is 1. The number of fused-ring (bicyclic) bond motifs is 1. The first kappa shape index (κ1) is 7.36. The van der Waals surface area contributed by atoms with Crippen molar-refractivity contribution >= 4 is 22.6 Å². The van der Waals surface area contributed by atoms with Crippen LogP contribution in [0.5, 0.6) is 5.75 Å². The molecule has 0 saturated heterocycles. The van der Waals surface area contributed by atoms with Crippen LogP contribution in [-0.4, -0.2) is 22.5 Å². The van der Waals surface area contributed by atoms with Crippen molar-refractivity contribution in [2.45, 2.75) is 0 Å². The Morgan fingerprint density at radius 2 is 2.33 bits per heavy atom. The summed E-state index contributed by atoms with van der Waals surface area (Å²) in [4.78, 5) is 0. The molecule has 1 heterocycles. The molecule has 5 heteroatoms. The average Bonchev–Trinajstić information content (AvgIpc) is 2.52. The quantitative estimate of drug-likeness (QED) is 0.731. The Hall–Kier alpha value is -1.29. The molecule has 0 radical (unpaired) electrons. The summed E-state index contributed by atoms with van der Waals surface area (Å²) in [5, 5.41) is 10.7. The van der Waals surface area contributed by atoms with Crippen molar-refractivity contribution < 1.29 is 4.74 Å². The molecule has 0 aliphatic rings. The Bertz CT molecular complexity index is 412. The Balaban J connectivity index is 2.75. The zero-order chi connectivity index (χ0) is 8.55. The van der Waals surface area contributed by atoms with Gasteiger partial charge in [-0.3, -0.25) is 5.10 Å². The van der Waals surface area contributed by atoms with Crippen LogP contribution in [-0.2, 0) is 0 Å². The zero-order valence-corrected chi connectivity index (χ0v) is 7.09. The number of hydrogen-bond acceptors (Lipinski definition) is 3. The summed E-state index contributed by atoms with van der Waals surface area (Å²) in [6.45, 7) is 0. The number of methoxy groups -OCH3 is 1. The molecule has 0 amide bonds. The van der Waals surface area contributed by atoms with E-state index in [-0.39, 0.29) is 0 Å². The SMILES string of the molecule is COc1cc(Cl)c2[nH]nnc2c1. The summed E-state index contributed by atoms with van der Waals surface area (Å²) in [6, 6.07) is 3.48. The molecule has 0 fully saturated rings. The number of aromatic amines is 1. The summed E-state index contributed by atoms with van der Waals surface area (Å²) < 4.78 is 5.01. The molecule has 0 unspecified atom stereocenters. The van der Waals surface area contributed by atoms with Crippen LogP contribution in [0, 0.1) is 0 Å². The molecular weight excluding hydrogens is 178 g/mol. The van der Waals surface area contributed by atoms with Gasteiger partial charge in [0.1, 0.15) is 16.8 Å². The number of aromatic nitrogens is 3. The topological polar surface area (TPSA) is 50.8 Å². The number of rotatable bonds is 1. The fraction of sp³-hybridized carbons (Fsp3) is 0.143. The molecule has 0 spiro atoms. The van der Waals surface area contributed by atoms with Crippen molar-refractivity contribution in [2.24, 2.45) is 0 Å². The maximum absolute atomic E-state index is 5.89. The molecule has 2 aromatic rings. The number of benzene rings is 1. The Labute approximate surface area is 73.5 Å². The van der Waals surface area contributed by atoms with E-state index in [2.05, 4.69) is 15.4 Å². The largest absolute Gasteiger partial charge is 0.497 e. The van der Waals surface area contributed by atoms with Crippen LogP contribution in [0.15, 0.2) is 12.1 Å². The first-order valence-corrected chi connectivity index (χ1v) is 3.73. The molecule has 1 aromatic carbocycles. The minimum atomic E-state index is 0.564. The molecule has 62 valence electrons. The van der Waals surface area contributed by atoms with Crippen LogP contribution in [0.1, 0.15) is 0 Å². The van der Waals surface area contributed by atoms with Gasteiger partial charge in [-0.15, -0.1) is 5.10 Å². The minimum Gasteiger partial charge on any atom is -0.497 e. The zero-order valence-electron chi connectivity index (χ0n) is 6.34. The molecule has 0 aliphatic heterocycles. The van der Waals surface area contributed by atoms with Crippen molar-refractivity contribution in [1.29, 1.82) is 0 Å². The van der Waals surface area contributed by atoms with Gasteiger partial charge in [0.05, 0.1) is 12.1 Å². The summed E-state index contributed by atoms with van der Waals surface area (Å²) in [5.41, 5.74) is 1.44. The maximum atomic E-state index is 5.89. The van der Waals surface area contributed by atoms with Crippen molar-refractivity contribution in [2.75, 3.05) is 7.11 Å². The lowest BCUT2D eigenvalue weighted by molar-refractivity contribution is 0.415. The third-order valence-electron chi connectivity index (χ3n) is 1.60. The van der Waals surface area contributed by atoms with Crippen LogP contribution in [0.4, 0.5) is 0 Å². The Morgan fingerprint density at radius 1 is 1.50 bits per heavy atom. The van der Waals surface area contributed by atoms with E-state index in [9.17, 15) is 0 Å². The van der Waals surface area contributed by atoms with E-state index in [0.29, 0.717) is 16.3 Å². The summed E-state index contributed by atoms with van der Waals surface area (Å²) >= 11 is 5.89. The molecule has 1 N–H and O–H groups in total. The van der Waals surface area contributed by atoms with E-state index in [0.717, 1.165) is 5.52 Å². The van der Waals surface area contributed by atoms with Gasteiger partial charge in [0.15, 0.2) is 0 Å². The maximum Gasteiger partial charge on any atom is 0.122 e. The van der Waals surface area contributed by atoms with E-state index in [1.165, 1.54) is 0 Å². The molecule has 1 aromatic heterocycles. The fourth-order valence-corrected chi connectivity index (χ4v) is 1.25. The van der Waals surface area contributed by atoms with Crippen LogP contribution in [0.2, 0.25) is 5.02 Å². The minimum absolute atomic E-state index is 0.564. The van der Waals surface area contributed by atoms with Gasteiger partial charge >= 0.3 is 0 Å². The van der Waals surface area contributed by atoms with Gasteiger partial charge < -0.3 is 4.74 Å². The van der Waals surface area contributed by atoms with E-state index in [4.69, 9.17) is 16.3 Å². The highest BCUT2D eigenvalue weighted by Crippen LogP contribution is 2.25. The van der Waals surface area contributed by atoms with Crippen molar-refractivity contribution in [1.82, 2.24) is 15.4 Å². The number of nitrogens with one attached hydrogen (secondary N) is 1. The first-order valence-electron chi connectivity index (χ1n) is 3.35. The summed E-state index contributed by atoms with van der Waals surface area (Å²) in [6.07, 6.45) is 0. The van der Waals surface area contributed by atoms with Crippen molar-refractivity contribution in [3.05, 3.63) is 17.2 Å². The third-order valence-corrected chi connectivity index (χ3v) is 1.90. The lowest BCUT2D eigenvalue weighted by atomic mass is 10.3. The van der Waals surface area contributed by atoms with Gasteiger partial charge in [0.2, 0.25) is 0 Å². The van der Waals surface area contributed by atoms with E-state index < -0.39 is 0 Å². The van der Waals surface area contributed by atoms with Crippen LogP contribution < -0.4 is 4.74 Å². The highest BCUT2D eigenvalue weighted by Gasteiger charge is 2.04. The lowest BCUT2D eigenvalue weighted by Gasteiger charge is -1.98. The smallest absolute Gasteiger partial charge is 0.122 e. The van der Waals surface area contributed by atoms with Crippen LogP contribution >= 0.6 is 11.6 Å². The fourth-order valence-electron chi connectivity index (χ4n) is 1.00. The summed E-state index contributed by atoms with van der Waals surface area (Å²) in [7, 11) is 1.58. The van der Waals surface area contributed by atoms with Crippen LogP contribution in [0.25, 0.3) is 11.0 Å². The second-order valence-corrected chi connectivity index (χ2v) is 2.72. The number of nitrogens with zero attached hydrogens (tertiary/aromatic N) is 2. The molecule has 0 bridgehead atoms. The second-order valence-electron chi connectivity index (χ2n) is 2.32. The monoisotopic (exact) mass is 183 g/mol. The Kier molecular flexibility index (Phi) is 1.62. The predicted molar refractivity (Wildman–Crippen MR) is 45.5 cm³/mol. The van der Waals surface area contributed by atoms with E-state index in [1.54, 1.807) is 19.2 Å². The van der Waals surface area contributed by atoms with Gasteiger partial charge in [-0.05, 0) is 0 Å². The van der Waals surface area contributed by atoms with Gasteiger partial charge in [-0.25, -0.2) is 0 Å². The first-order chi connectivity index (χ1) is 5.81. The molecule has 2 rings (SSSR count). The predicted octanol–water partition coefficient (Wildman–Crippen LogP) is 1.62. The molecule has 0 saturated carbocycles. The average molecular weight is 184 g/mol. The number of ether oxygens (including phenoxy) is 1. The second kappa shape index (κ2) is 2.64. The molecule has 0 aliphatic carbocycles. The van der Waals surface area contributed by atoms with Gasteiger partial charge in [-0.2, -0.15) is 0 Å². The van der Waals surface area contributed by atoms with Crippen molar-refractivity contribution in [3.8, 4) is 5.75 Å². The molecule has 0 atom stereocenters. The summed E-state index contributed by atoms with van der Waals surface area (Å²) in [5.74, 6) is 0.682. The van der Waals surface area contributed by atoms with Gasteiger partial charge in [-0.1, -0.05) is 16.8 Å². The molecular formula is C7H6ClN3O. The highest BCUT2D eigenvalue weighted by molar-refractivity contribution is 6.35. The van der Waals surface area contributed by atoms with Gasteiger partial charge in [0, 0.05) is 12.1 Å². The standard InChI is InChI=1S/C7H6ClN3O/c1-12-4-2-5(8)7-6(3-4)9-11-10-7/h2-3H,1H3,(H,9,10,11). The van der Waals surface area contributed by atoms with Crippen LogP contribution in [0.3, 0.4) is 0 Å². The Morgan fingerprint density at radius 3 is 3.08 bits per heavy atom. The third kappa shape index (κ3) is 1.00. The molecule has 4 nitrogen and oxygen atoms in total.